The summed E-state index contributed by atoms with van der Waals surface area (Å²) >= 11 is 1.72. The zero-order chi connectivity index (χ0) is 52.3. The highest BCUT2D eigenvalue weighted by atomic mass is 32.1. The maximum Gasteiger partial charge on any atom is 0.126 e. The normalized spacial score (nSPS) is 12.7. The molecule has 0 atom stereocenters. The van der Waals surface area contributed by atoms with Crippen LogP contribution in [0.1, 0.15) is 46.3 Å². The minimum Gasteiger partial charge on any atom is -0.497 e. The van der Waals surface area contributed by atoms with Crippen LogP contribution in [0.5, 0.6) is 23.0 Å². The van der Waals surface area contributed by atoms with Gasteiger partial charge in [-0.15, -0.1) is 11.3 Å². The summed E-state index contributed by atoms with van der Waals surface area (Å²) in [6.07, 6.45) is 32.9. The predicted molar refractivity (Wildman–Crippen MR) is 316 cm³/mol. The fourth-order valence-electron chi connectivity index (χ4n) is 8.03. The molecule has 76 heavy (non-hydrogen) atoms. The van der Waals surface area contributed by atoms with Gasteiger partial charge in [0.25, 0.3) is 0 Å². The second-order valence-corrected chi connectivity index (χ2v) is 18.2. The second kappa shape index (κ2) is 26.0. The Kier molecular flexibility index (Phi) is 17.6. The van der Waals surface area contributed by atoms with Crippen LogP contribution < -0.4 is 18.9 Å². The molecule has 10 heteroatoms. The monoisotopic (exact) mass is 1020 g/mol. The lowest BCUT2D eigenvalue weighted by Crippen LogP contribution is -1.86. The molecule has 0 fully saturated rings. The largest absolute Gasteiger partial charge is 0.497 e. The number of benzene rings is 4. The smallest absolute Gasteiger partial charge is 0.126 e. The molecule has 2 aliphatic carbocycles. The zero-order valence-corrected chi connectivity index (χ0v) is 43.6. The fourth-order valence-corrected chi connectivity index (χ4v) is 8.65. The topological polar surface area (TPSA) is 102 Å². The Morgan fingerprint density at radius 1 is 0.408 bits per heavy atom. The second-order valence-electron chi connectivity index (χ2n) is 17.2. The van der Waals surface area contributed by atoms with Crippen LogP contribution in [-0.4, -0.2) is 48.4 Å². The molecule has 0 N–H and O–H groups in total. The standard InChI is InChI=1S/2C17H15NO.C16H13NO2.C16H13NOS/c2*1-19-16-10-11-17-14(12-16)7-9-15(18-17)8-6-13-4-2-3-5-13;1-18-15-8-9-16-12(11-15)4-5-13(17-16)6-7-14-3-2-10-19-14;1-18-14-7-9-16-12(11-14)4-5-13(17-16)6-8-15-3-2-10-19-15/h2*2,4-12H,3H2,1H3;2*2-11H,1H3/b2*8-6+;7-6+;8-6+. The summed E-state index contributed by atoms with van der Waals surface area (Å²) in [4.78, 5) is 19.6. The summed E-state index contributed by atoms with van der Waals surface area (Å²) < 4.78 is 26.1. The molecule has 10 aromatic rings. The third kappa shape index (κ3) is 14.4. The minimum atomic E-state index is 0.816. The quantitative estimate of drug-likeness (QED) is 0.118. The van der Waals surface area contributed by atoms with E-state index in [1.54, 1.807) is 46.0 Å². The summed E-state index contributed by atoms with van der Waals surface area (Å²) in [7, 11) is 6.69. The highest BCUT2D eigenvalue weighted by Crippen LogP contribution is 2.25. The predicted octanol–water partition coefficient (Wildman–Crippen LogP) is 16.8. The number of ether oxygens (including phenoxy) is 4. The van der Waals surface area contributed by atoms with Crippen LogP contribution in [0.15, 0.2) is 221 Å². The number of fused-ring (bicyclic) bond motifs is 4. The highest BCUT2D eigenvalue weighted by Gasteiger charge is 2.04. The summed E-state index contributed by atoms with van der Waals surface area (Å²) in [6, 6.07) is 47.8. The molecule has 0 amide bonds. The third-order valence-electron chi connectivity index (χ3n) is 12.1. The van der Waals surface area contributed by atoms with Crippen molar-refractivity contribution in [2.45, 2.75) is 12.8 Å². The Labute approximate surface area is 447 Å². The van der Waals surface area contributed by atoms with E-state index in [-0.39, 0.29) is 0 Å². The Hall–Kier alpha value is -9.38. The van der Waals surface area contributed by atoms with Crippen molar-refractivity contribution in [2.75, 3.05) is 28.4 Å². The van der Waals surface area contributed by atoms with Crippen molar-refractivity contribution in [1.82, 2.24) is 19.9 Å². The summed E-state index contributed by atoms with van der Waals surface area (Å²) in [5, 5.41) is 6.41. The van der Waals surface area contributed by atoms with Crippen LogP contribution in [-0.2, 0) is 0 Å². The van der Waals surface area contributed by atoms with E-state index in [9.17, 15) is 0 Å². The number of hydrogen-bond acceptors (Lipinski definition) is 10. The number of furan rings is 1. The molecule has 0 saturated heterocycles. The van der Waals surface area contributed by atoms with Crippen LogP contribution in [0.2, 0.25) is 0 Å². The van der Waals surface area contributed by atoms with E-state index in [1.807, 2.05) is 152 Å². The molecule has 6 aromatic heterocycles. The first-order valence-corrected chi connectivity index (χ1v) is 25.6. The molecule has 9 nitrogen and oxygen atoms in total. The molecular formula is C66H56N4O5S. The van der Waals surface area contributed by atoms with Gasteiger partial charge < -0.3 is 23.4 Å². The lowest BCUT2D eigenvalue weighted by Gasteiger charge is -2.02. The number of aromatic nitrogens is 4. The lowest BCUT2D eigenvalue weighted by molar-refractivity contribution is 0.415. The first-order chi connectivity index (χ1) is 37.4. The number of pyridine rings is 4. The van der Waals surface area contributed by atoms with E-state index in [0.29, 0.717) is 0 Å². The molecule has 0 aliphatic heterocycles. The molecule has 0 unspecified atom stereocenters. The first kappa shape index (κ1) is 51.5. The van der Waals surface area contributed by atoms with Crippen molar-refractivity contribution in [2.24, 2.45) is 0 Å². The van der Waals surface area contributed by atoms with E-state index in [0.717, 1.165) is 108 Å². The highest BCUT2D eigenvalue weighted by molar-refractivity contribution is 7.10. The van der Waals surface area contributed by atoms with Crippen LogP contribution >= 0.6 is 11.3 Å². The van der Waals surface area contributed by atoms with Gasteiger partial charge in [-0.2, -0.15) is 0 Å². The molecule has 0 bridgehead atoms. The lowest BCUT2D eigenvalue weighted by atomic mass is 10.1. The minimum absolute atomic E-state index is 0.816. The van der Waals surface area contributed by atoms with E-state index in [2.05, 4.69) is 104 Å². The summed E-state index contributed by atoms with van der Waals surface area (Å²) in [5.41, 5.74) is 10.2. The zero-order valence-electron chi connectivity index (χ0n) is 42.7. The van der Waals surface area contributed by atoms with E-state index in [1.165, 1.54) is 16.0 Å². The molecule has 0 spiro atoms. The van der Waals surface area contributed by atoms with Crippen molar-refractivity contribution >= 4 is 91.4 Å². The van der Waals surface area contributed by atoms with E-state index < -0.39 is 0 Å². The van der Waals surface area contributed by atoms with Crippen molar-refractivity contribution < 1.29 is 23.4 Å². The summed E-state index contributed by atoms with van der Waals surface area (Å²) in [6.45, 7) is 0. The molecule has 6 heterocycles. The average molecular weight is 1020 g/mol. The fraction of sp³-hybridized carbons (Fsp3) is 0.0909. The Balaban J connectivity index is 0.000000124. The van der Waals surface area contributed by atoms with Crippen molar-refractivity contribution in [3.63, 3.8) is 0 Å². The van der Waals surface area contributed by atoms with Gasteiger partial charge in [-0.1, -0.05) is 78.9 Å². The number of allylic oxidation sites excluding steroid dienone is 10. The number of hydrogen-bond donors (Lipinski definition) is 0. The van der Waals surface area contributed by atoms with Gasteiger partial charge in [-0.25, -0.2) is 19.9 Å². The first-order valence-electron chi connectivity index (χ1n) is 24.7. The van der Waals surface area contributed by atoms with Gasteiger partial charge in [0.15, 0.2) is 0 Å². The maximum atomic E-state index is 5.24. The van der Waals surface area contributed by atoms with Crippen LogP contribution in [0, 0.1) is 0 Å². The van der Waals surface area contributed by atoms with Crippen LogP contribution in [0.3, 0.4) is 0 Å². The average Bonchev–Trinajstić information content (AvgIpc) is 4.36. The maximum absolute atomic E-state index is 5.24. The van der Waals surface area contributed by atoms with Crippen molar-refractivity contribution in [1.29, 1.82) is 0 Å². The van der Waals surface area contributed by atoms with Gasteiger partial charge in [0.2, 0.25) is 0 Å². The molecule has 4 aromatic carbocycles. The molecular weight excluding hydrogens is 961 g/mol. The number of methoxy groups -OCH3 is 4. The number of nitrogens with zero attached hydrogens (tertiary/aromatic N) is 4. The number of thiophene rings is 1. The molecule has 0 saturated carbocycles. The number of rotatable bonds is 12. The Morgan fingerprint density at radius 3 is 1.13 bits per heavy atom. The van der Waals surface area contributed by atoms with E-state index in [4.69, 9.17) is 23.4 Å². The molecule has 2 aliphatic rings. The van der Waals surface area contributed by atoms with Gasteiger partial charge in [-0.3, -0.25) is 0 Å². The van der Waals surface area contributed by atoms with Crippen LogP contribution in [0.4, 0.5) is 0 Å². The molecule has 376 valence electrons. The van der Waals surface area contributed by atoms with Gasteiger partial charge in [0.1, 0.15) is 28.8 Å². The third-order valence-corrected chi connectivity index (χ3v) is 12.9. The Bertz CT molecular complexity index is 3580. The van der Waals surface area contributed by atoms with Crippen molar-refractivity contribution in [3.05, 3.63) is 250 Å². The van der Waals surface area contributed by atoms with Gasteiger partial charge in [0, 0.05) is 26.4 Å². The van der Waals surface area contributed by atoms with Gasteiger partial charge in [-0.05, 0) is 181 Å². The van der Waals surface area contributed by atoms with Crippen molar-refractivity contribution in [3.8, 4) is 23.0 Å². The Morgan fingerprint density at radius 2 is 0.803 bits per heavy atom. The van der Waals surface area contributed by atoms with Crippen LogP contribution in [0.25, 0.3) is 80.1 Å². The van der Waals surface area contributed by atoms with Gasteiger partial charge >= 0.3 is 0 Å². The SMILES string of the molecule is COc1ccc2nc(/C=C/C3=CCC=C3)ccc2c1.COc1ccc2nc(/C=C/C3=CCC=C3)ccc2c1.COc1ccc2nc(/C=C/c3ccco3)ccc2c1.COc1ccc2nc(/C=C/c3cccs3)ccc2c1. The molecule has 12 rings (SSSR count). The van der Waals surface area contributed by atoms with Gasteiger partial charge in [0.05, 0.1) is 79.5 Å². The molecule has 0 radical (unpaired) electrons. The van der Waals surface area contributed by atoms with E-state index >= 15 is 0 Å². The summed E-state index contributed by atoms with van der Waals surface area (Å²) in [5.74, 6) is 4.23.